The van der Waals surface area contributed by atoms with Gasteiger partial charge in [0.05, 0.1) is 5.57 Å². The minimum absolute atomic E-state index is 0.000560. The first-order valence-corrected chi connectivity index (χ1v) is 11.0. The van der Waals surface area contributed by atoms with Gasteiger partial charge in [0.2, 0.25) is 0 Å². The van der Waals surface area contributed by atoms with Crippen LogP contribution in [0.4, 0.5) is 5.69 Å². The highest BCUT2D eigenvalue weighted by molar-refractivity contribution is 6.35. The van der Waals surface area contributed by atoms with E-state index in [1.165, 1.54) is 12.1 Å². The Kier molecular flexibility index (Phi) is 5.20. The Labute approximate surface area is 194 Å². The number of benzene rings is 2. The van der Waals surface area contributed by atoms with E-state index >= 15 is 0 Å². The third-order valence-electron chi connectivity index (χ3n) is 6.31. The van der Waals surface area contributed by atoms with Gasteiger partial charge in [-0.15, -0.1) is 0 Å². The van der Waals surface area contributed by atoms with E-state index in [2.05, 4.69) is 10.3 Å². The predicted molar refractivity (Wildman–Crippen MR) is 126 cm³/mol. The molecule has 1 aromatic heterocycles. The molecule has 1 aliphatic heterocycles. The first kappa shape index (κ1) is 21.5. The molecule has 2 aromatic carbocycles. The number of carboxylic acid groups (broad SMARTS) is 1. The highest BCUT2D eigenvalue weighted by Crippen LogP contribution is 2.39. The molecule has 0 spiro atoms. The van der Waals surface area contributed by atoms with Crippen molar-refractivity contribution in [3.63, 3.8) is 0 Å². The molecule has 0 saturated heterocycles. The summed E-state index contributed by atoms with van der Waals surface area (Å²) in [6.07, 6.45) is 3.65. The molecule has 34 heavy (non-hydrogen) atoms. The summed E-state index contributed by atoms with van der Waals surface area (Å²) >= 11 is 0. The summed E-state index contributed by atoms with van der Waals surface area (Å²) < 4.78 is 0. The van der Waals surface area contributed by atoms with E-state index in [9.17, 15) is 29.7 Å². The van der Waals surface area contributed by atoms with Crippen LogP contribution in [0.2, 0.25) is 0 Å². The lowest BCUT2D eigenvalue weighted by Crippen LogP contribution is -2.11. The maximum absolute atomic E-state index is 12.8. The number of aromatic hydroxyl groups is 2. The maximum Gasteiger partial charge on any atom is 0.303 e. The van der Waals surface area contributed by atoms with Crippen LogP contribution in [-0.2, 0) is 22.4 Å². The zero-order chi connectivity index (χ0) is 24.0. The number of hydrogen-bond donors (Lipinski definition) is 5. The lowest BCUT2D eigenvalue weighted by Gasteiger charge is -2.11. The highest BCUT2D eigenvalue weighted by Gasteiger charge is 2.29. The number of phenolic OH excluding ortho intramolecular Hbond substituents is 2. The molecule has 8 nitrogen and oxygen atoms in total. The number of aromatic nitrogens is 1. The SMILES string of the molecule is O=C(O)CCc1c(C=C2C(=O)Nc3cc(-c4ccc(O)c(O)c4)ccc32)[nH]c2c1C(=O)CCC2. The molecule has 0 bridgehead atoms. The van der Waals surface area contributed by atoms with Gasteiger partial charge in [-0.25, -0.2) is 0 Å². The fraction of sp³-hybridized carbons (Fsp3) is 0.192. The van der Waals surface area contributed by atoms with Crippen LogP contribution in [0.1, 0.15) is 52.1 Å². The van der Waals surface area contributed by atoms with E-state index in [4.69, 9.17) is 0 Å². The van der Waals surface area contributed by atoms with Gasteiger partial charge in [-0.2, -0.15) is 0 Å². The number of aliphatic carboxylic acids is 1. The second-order valence-electron chi connectivity index (χ2n) is 8.52. The van der Waals surface area contributed by atoms with Crippen molar-refractivity contribution in [2.75, 3.05) is 5.32 Å². The van der Waals surface area contributed by atoms with Crippen LogP contribution in [-0.4, -0.2) is 38.0 Å². The average molecular weight is 458 g/mol. The number of carbonyl (C=O) groups excluding carboxylic acids is 2. The number of phenols is 2. The lowest BCUT2D eigenvalue weighted by molar-refractivity contribution is -0.137. The molecule has 5 N–H and O–H groups in total. The molecular formula is C26H22N2O6. The Hall–Kier alpha value is -4.33. The zero-order valence-corrected chi connectivity index (χ0v) is 18.1. The van der Waals surface area contributed by atoms with Crippen molar-refractivity contribution in [1.82, 2.24) is 4.98 Å². The van der Waals surface area contributed by atoms with Gasteiger partial charge in [0, 0.05) is 41.0 Å². The van der Waals surface area contributed by atoms with E-state index in [1.54, 1.807) is 24.3 Å². The molecule has 0 unspecified atom stereocenters. The van der Waals surface area contributed by atoms with E-state index in [0.717, 1.165) is 17.7 Å². The van der Waals surface area contributed by atoms with Gasteiger partial charge in [0.25, 0.3) is 5.91 Å². The van der Waals surface area contributed by atoms with Crippen molar-refractivity contribution in [3.8, 4) is 22.6 Å². The summed E-state index contributed by atoms with van der Waals surface area (Å²) in [6.45, 7) is 0. The van der Waals surface area contributed by atoms with Gasteiger partial charge in [0.15, 0.2) is 17.3 Å². The van der Waals surface area contributed by atoms with E-state index < -0.39 is 5.97 Å². The molecule has 0 fully saturated rings. The molecule has 1 amide bonds. The molecule has 0 radical (unpaired) electrons. The van der Waals surface area contributed by atoms with Gasteiger partial charge in [-0.1, -0.05) is 18.2 Å². The minimum atomic E-state index is -0.950. The summed E-state index contributed by atoms with van der Waals surface area (Å²) in [7, 11) is 0. The largest absolute Gasteiger partial charge is 0.504 e. The third-order valence-corrected chi connectivity index (χ3v) is 6.31. The number of hydrogen-bond acceptors (Lipinski definition) is 5. The number of nitrogens with one attached hydrogen (secondary N) is 2. The predicted octanol–water partition coefficient (Wildman–Crippen LogP) is 4.12. The number of aromatic amines is 1. The number of aryl methyl sites for hydroxylation is 1. The van der Waals surface area contributed by atoms with Crippen molar-refractivity contribution in [1.29, 1.82) is 0 Å². The molecule has 2 heterocycles. The average Bonchev–Trinajstić information content (AvgIpc) is 3.31. The molecule has 172 valence electrons. The Balaban J connectivity index is 1.56. The standard InChI is InChI=1S/C26H22N2O6/c29-21-8-5-14(11-23(21)31)13-4-6-15-17(26(34)28-19(15)10-13)12-20-16(7-9-24(32)33)25-18(27-20)2-1-3-22(25)30/h4-6,8,10-12,27,29,31H,1-3,7,9H2,(H,28,34)(H,32,33). The van der Waals surface area contributed by atoms with Crippen molar-refractivity contribution in [2.24, 2.45) is 0 Å². The highest BCUT2D eigenvalue weighted by atomic mass is 16.4. The number of carbonyl (C=O) groups is 3. The van der Waals surface area contributed by atoms with Gasteiger partial charge in [0.1, 0.15) is 0 Å². The summed E-state index contributed by atoms with van der Waals surface area (Å²) in [6, 6.07) is 9.90. The number of carboxylic acids is 1. The molecule has 0 saturated carbocycles. The fourth-order valence-electron chi connectivity index (χ4n) is 4.67. The van der Waals surface area contributed by atoms with E-state index in [0.29, 0.717) is 52.0 Å². The first-order chi connectivity index (χ1) is 16.3. The van der Waals surface area contributed by atoms with Crippen molar-refractivity contribution >= 4 is 35.0 Å². The van der Waals surface area contributed by atoms with Crippen LogP contribution in [0, 0.1) is 0 Å². The van der Waals surface area contributed by atoms with Crippen LogP contribution in [0.5, 0.6) is 11.5 Å². The van der Waals surface area contributed by atoms with E-state index in [1.807, 2.05) is 6.07 Å². The number of ketones is 1. The summed E-state index contributed by atoms with van der Waals surface area (Å²) in [5.74, 6) is -1.70. The van der Waals surface area contributed by atoms with Crippen molar-refractivity contribution in [3.05, 3.63) is 64.5 Å². The second-order valence-corrected chi connectivity index (χ2v) is 8.52. The van der Waals surface area contributed by atoms with Crippen LogP contribution in [0.15, 0.2) is 36.4 Å². The maximum atomic E-state index is 12.8. The van der Waals surface area contributed by atoms with Gasteiger partial charge >= 0.3 is 5.97 Å². The number of rotatable bonds is 5. The molecule has 3 aromatic rings. The number of amides is 1. The Morgan fingerprint density at radius 2 is 1.76 bits per heavy atom. The normalized spacial score (nSPS) is 15.8. The topological polar surface area (TPSA) is 140 Å². The fourth-order valence-corrected chi connectivity index (χ4v) is 4.67. The molecule has 0 atom stereocenters. The van der Waals surface area contributed by atoms with Crippen molar-refractivity contribution in [2.45, 2.75) is 32.1 Å². The van der Waals surface area contributed by atoms with Gasteiger partial charge < -0.3 is 25.6 Å². The molecular weight excluding hydrogens is 436 g/mol. The quantitative estimate of drug-likeness (QED) is 0.288. The number of H-pyrrole nitrogens is 1. The zero-order valence-electron chi connectivity index (χ0n) is 18.1. The number of fused-ring (bicyclic) bond motifs is 2. The third kappa shape index (κ3) is 3.73. The monoisotopic (exact) mass is 458 g/mol. The molecule has 8 heteroatoms. The Morgan fingerprint density at radius 1 is 1.00 bits per heavy atom. The first-order valence-electron chi connectivity index (χ1n) is 11.0. The second kappa shape index (κ2) is 8.22. The number of anilines is 1. The summed E-state index contributed by atoms with van der Waals surface area (Å²) in [5, 5.41) is 31.4. The summed E-state index contributed by atoms with van der Waals surface area (Å²) in [5.41, 5.74) is 5.72. The summed E-state index contributed by atoms with van der Waals surface area (Å²) in [4.78, 5) is 39.9. The molecule has 1 aliphatic carbocycles. The van der Waals surface area contributed by atoms with Crippen LogP contribution < -0.4 is 5.32 Å². The van der Waals surface area contributed by atoms with Crippen LogP contribution in [0.3, 0.4) is 0 Å². The number of Topliss-reactive ketones (excluding diaryl/α,β-unsaturated/α-hetero) is 1. The van der Waals surface area contributed by atoms with E-state index in [-0.39, 0.29) is 36.0 Å². The van der Waals surface area contributed by atoms with Crippen LogP contribution in [0.25, 0.3) is 22.8 Å². The smallest absolute Gasteiger partial charge is 0.303 e. The van der Waals surface area contributed by atoms with Gasteiger partial charge in [-0.05, 0) is 60.2 Å². The van der Waals surface area contributed by atoms with Crippen LogP contribution >= 0.6 is 0 Å². The Bertz CT molecular complexity index is 1400. The molecule has 2 aliphatic rings. The minimum Gasteiger partial charge on any atom is -0.504 e. The molecule has 5 rings (SSSR count). The van der Waals surface area contributed by atoms with Gasteiger partial charge in [-0.3, -0.25) is 14.4 Å². The lowest BCUT2D eigenvalue weighted by atomic mass is 9.91. The Morgan fingerprint density at radius 3 is 2.53 bits per heavy atom. The van der Waals surface area contributed by atoms with Crippen molar-refractivity contribution < 1.29 is 29.7 Å².